The van der Waals surface area contributed by atoms with Crippen LogP contribution in [0.2, 0.25) is 0 Å². The number of aryl methyl sites for hydroxylation is 1. The largest absolute Gasteiger partial charge is 0.472 e. The van der Waals surface area contributed by atoms with Crippen molar-refractivity contribution in [3.63, 3.8) is 0 Å². The monoisotopic (exact) mass is 230 g/mol. The molecule has 3 heteroatoms. The highest BCUT2D eigenvalue weighted by Gasteiger charge is 2.08. The summed E-state index contributed by atoms with van der Waals surface area (Å²) in [5.41, 5.74) is 5.40. The van der Waals surface area contributed by atoms with Crippen LogP contribution in [0.4, 0.5) is 0 Å². The minimum absolute atomic E-state index is 0.285. The summed E-state index contributed by atoms with van der Waals surface area (Å²) in [6.45, 7) is 0. The fraction of sp³-hybridized carbons (Fsp3) is 0.286. The van der Waals surface area contributed by atoms with Crippen LogP contribution in [-0.2, 0) is 12.8 Å². The van der Waals surface area contributed by atoms with Crippen molar-refractivity contribution in [1.82, 2.24) is 5.43 Å². The summed E-state index contributed by atoms with van der Waals surface area (Å²) < 4.78 is 5.05. The summed E-state index contributed by atoms with van der Waals surface area (Å²) in [6.07, 6.45) is 6.42. The van der Waals surface area contributed by atoms with Crippen molar-refractivity contribution < 1.29 is 4.42 Å². The summed E-state index contributed by atoms with van der Waals surface area (Å²) in [4.78, 5) is 0. The van der Waals surface area contributed by atoms with Gasteiger partial charge in [0.2, 0.25) is 0 Å². The average molecular weight is 230 g/mol. The number of hydrazine groups is 1. The highest BCUT2D eigenvalue weighted by Crippen LogP contribution is 2.10. The molecular weight excluding hydrogens is 212 g/mol. The second kappa shape index (κ2) is 6.23. The molecule has 1 heterocycles. The van der Waals surface area contributed by atoms with Gasteiger partial charge in [0.1, 0.15) is 0 Å². The van der Waals surface area contributed by atoms with Crippen LogP contribution in [-0.4, -0.2) is 6.04 Å². The number of furan rings is 1. The fourth-order valence-electron chi connectivity index (χ4n) is 1.92. The number of benzene rings is 1. The molecular formula is C14H18N2O. The van der Waals surface area contributed by atoms with Crippen molar-refractivity contribution in [3.05, 3.63) is 60.1 Å². The van der Waals surface area contributed by atoms with E-state index in [-0.39, 0.29) is 6.04 Å². The van der Waals surface area contributed by atoms with Gasteiger partial charge in [0.15, 0.2) is 0 Å². The lowest BCUT2D eigenvalue weighted by Gasteiger charge is -2.14. The first-order valence-electron chi connectivity index (χ1n) is 5.89. The minimum atomic E-state index is 0.285. The normalized spacial score (nSPS) is 12.5. The molecule has 3 nitrogen and oxygen atoms in total. The summed E-state index contributed by atoms with van der Waals surface area (Å²) in [5.74, 6) is 5.57. The van der Waals surface area contributed by atoms with E-state index in [1.165, 1.54) is 11.1 Å². The van der Waals surface area contributed by atoms with E-state index in [0.29, 0.717) is 0 Å². The van der Waals surface area contributed by atoms with E-state index in [0.717, 1.165) is 19.3 Å². The van der Waals surface area contributed by atoms with Gasteiger partial charge in [-0.3, -0.25) is 11.3 Å². The van der Waals surface area contributed by atoms with E-state index in [1.807, 2.05) is 12.1 Å². The Hall–Kier alpha value is -1.58. The predicted molar refractivity (Wildman–Crippen MR) is 68.3 cm³/mol. The average Bonchev–Trinajstić information content (AvgIpc) is 2.88. The summed E-state index contributed by atoms with van der Waals surface area (Å²) in [7, 11) is 0. The molecule has 0 fully saturated rings. The molecule has 17 heavy (non-hydrogen) atoms. The predicted octanol–water partition coefficient (Wildman–Crippen LogP) is 2.29. The second-order valence-corrected chi connectivity index (χ2v) is 4.22. The van der Waals surface area contributed by atoms with Gasteiger partial charge in [-0.15, -0.1) is 0 Å². The smallest absolute Gasteiger partial charge is 0.0935 e. The van der Waals surface area contributed by atoms with E-state index in [2.05, 4.69) is 29.7 Å². The van der Waals surface area contributed by atoms with Crippen molar-refractivity contribution in [2.75, 3.05) is 0 Å². The van der Waals surface area contributed by atoms with Crippen LogP contribution in [0.15, 0.2) is 53.3 Å². The van der Waals surface area contributed by atoms with Crippen molar-refractivity contribution in [2.24, 2.45) is 5.84 Å². The van der Waals surface area contributed by atoms with Gasteiger partial charge in [0.05, 0.1) is 12.5 Å². The van der Waals surface area contributed by atoms with Gasteiger partial charge in [-0.1, -0.05) is 30.3 Å². The molecule has 3 N–H and O–H groups in total. The second-order valence-electron chi connectivity index (χ2n) is 4.22. The zero-order valence-corrected chi connectivity index (χ0v) is 9.80. The quantitative estimate of drug-likeness (QED) is 0.591. The molecule has 2 rings (SSSR count). The third kappa shape index (κ3) is 3.73. The SMILES string of the molecule is NNC(CCc1ccccc1)Cc1ccoc1. The first-order chi connectivity index (χ1) is 8.38. The van der Waals surface area contributed by atoms with Gasteiger partial charge in [0, 0.05) is 6.04 Å². The molecule has 2 aromatic rings. The minimum Gasteiger partial charge on any atom is -0.472 e. The van der Waals surface area contributed by atoms with Gasteiger partial charge in [-0.2, -0.15) is 0 Å². The third-order valence-corrected chi connectivity index (χ3v) is 2.92. The Bertz CT molecular complexity index is 411. The van der Waals surface area contributed by atoms with Crippen LogP contribution in [0.25, 0.3) is 0 Å². The van der Waals surface area contributed by atoms with Crippen molar-refractivity contribution in [3.8, 4) is 0 Å². The maximum absolute atomic E-state index is 5.57. The first kappa shape index (κ1) is 11.9. The molecule has 0 bridgehead atoms. The van der Waals surface area contributed by atoms with Crippen LogP contribution in [0.3, 0.4) is 0 Å². The van der Waals surface area contributed by atoms with Gasteiger partial charge in [-0.25, -0.2) is 0 Å². The molecule has 0 aliphatic carbocycles. The molecule has 1 unspecified atom stereocenters. The number of nitrogens with two attached hydrogens (primary N) is 1. The van der Waals surface area contributed by atoms with E-state index in [4.69, 9.17) is 10.3 Å². The molecule has 0 spiro atoms. The van der Waals surface area contributed by atoms with Gasteiger partial charge in [0.25, 0.3) is 0 Å². The van der Waals surface area contributed by atoms with Crippen LogP contribution in [0.5, 0.6) is 0 Å². The van der Waals surface area contributed by atoms with Crippen LogP contribution >= 0.6 is 0 Å². The van der Waals surface area contributed by atoms with Crippen LogP contribution < -0.4 is 11.3 Å². The Morgan fingerprint density at radius 1 is 1.12 bits per heavy atom. The molecule has 1 aromatic heterocycles. The topological polar surface area (TPSA) is 51.2 Å². The van der Waals surface area contributed by atoms with Crippen molar-refractivity contribution in [1.29, 1.82) is 0 Å². The molecule has 0 aliphatic rings. The Morgan fingerprint density at radius 2 is 1.94 bits per heavy atom. The molecule has 1 aromatic carbocycles. The zero-order chi connectivity index (χ0) is 11.9. The fourth-order valence-corrected chi connectivity index (χ4v) is 1.92. The van der Waals surface area contributed by atoms with Crippen molar-refractivity contribution >= 4 is 0 Å². The Morgan fingerprint density at radius 3 is 2.59 bits per heavy atom. The highest BCUT2D eigenvalue weighted by atomic mass is 16.3. The number of hydrogen-bond donors (Lipinski definition) is 2. The summed E-state index contributed by atoms with van der Waals surface area (Å²) in [6, 6.07) is 12.7. The molecule has 90 valence electrons. The number of rotatable bonds is 6. The lowest BCUT2D eigenvalue weighted by Crippen LogP contribution is -2.37. The van der Waals surface area contributed by atoms with E-state index in [9.17, 15) is 0 Å². The zero-order valence-electron chi connectivity index (χ0n) is 9.80. The Labute approximate surface area is 102 Å². The first-order valence-corrected chi connectivity index (χ1v) is 5.89. The molecule has 0 saturated carbocycles. The number of nitrogens with one attached hydrogen (secondary N) is 1. The van der Waals surface area contributed by atoms with Crippen LogP contribution in [0.1, 0.15) is 17.5 Å². The molecule has 0 saturated heterocycles. The maximum Gasteiger partial charge on any atom is 0.0935 e. The molecule has 0 amide bonds. The molecule has 0 radical (unpaired) electrons. The summed E-state index contributed by atoms with van der Waals surface area (Å²) in [5, 5.41) is 0. The van der Waals surface area contributed by atoms with Crippen molar-refractivity contribution in [2.45, 2.75) is 25.3 Å². The Kier molecular flexibility index (Phi) is 4.36. The van der Waals surface area contributed by atoms with Gasteiger partial charge < -0.3 is 4.42 Å². The van der Waals surface area contributed by atoms with Crippen LogP contribution in [0, 0.1) is 0 Å². The lowest BCUT2D eigenvalue weighted by atomic mass is 10.0. The molecule has 1 atom stereocenters. The number of hydrogen-bond acceptors (Lipinski definition) is 3. The lowest BCUT2D eigenvalue weighted by molar-refractivity contribution is 0.487. The molecule has 0 aliphatic heterocycles. The van der Waals surface area contributed by atoms with E-state index < -0.39 is 0 Å². The van der Waals surface area contributed by atoms with E-state index in [1.54, 1.807) is 12.5 Å². The van der Waals surface area contributed by atoms with Gasteiger partial charge >= 0.3 is 0 Å². The maximum atomic E-state index is 5.57. The Balaban J connectivity index is 1.84. The third-order valence-electron chi connectivity index (χ3n) is 2.92. The van der Waals surface area contributed by atoms with Gasteiger partial charge in [-0.05, 0) is 36.5 Å². The van der Waals surface area contributed by atoms with E-state index >= 15 is 0 Å². The standard InChI is InChI=1S/C14H18N2O/c15-16-14(10-13-8-9-17-11-13)7-6-12-4-2-1-3-5-12/h1-5,8-9,11,14,16H,6-7,10,15H2. The summed E-state index contributed by atoms with van der Waals surface area (Å²) >= 11 is 0. The highest BCUT2D eigenvalue weighted by molar-refractivity contribution is 5.15.